The summed E-state index contributed by atoms with van der Waals surface area (Å²) in [4.78, 5) is 24.1. The Bertz CT molecular complexity index is 625. The van der Waals surface area contributed by atoms with Crippen LogP contribution in [0.15, 0.2) is 34.5 Å². The average Bonchev–Trinajstić information content (AvgIpc) is 2.79. The normalized spacial score (nSPS) is 19.6. The molecule has 7 nitrogen and oxygen atoms in total. The molecule has 2 rings (SSSR count). The topological polar surface area (TPSA) is 94.4 Å². The molecule has 0 radical (unpaired) electrons. The van der Waals surface area contributed by atoms with E-state index in [2.05, 4.69) is 15.5 Å². The van der Waals surface area contributed by atoms with E-state index in [0.29, 0.717) is 5.17 Å². The number of benzene rings is 1. The molecule has 1 aromatic carbocycles. The van der Waals surface area contributed by atoms with E-state index in [4.69, 9.17) is 5.11 Å². The lowest BCUT2D eigenvalue weighted by Crippen LogP contribution is -2.26. The number of anilines is 1. The van der Waals surface area contributed by atoms with Gasteiger partial charge in [-0.3, -0.25) is 9.59 Å². The van der Waals surface area contributed by atoms with Crippen LogP contribution in [0.2, 0.25) is 0 Å². The van der Waals surface area contributed by atoms with Crippen LogP contribution in [0, 0.1) is 0 Å². The molecule has 0 aliphatic carbocycles. The summed E-state index contributed by atoms with van der Waals surface area (Å²) in [6.07, 6.45) is 1.34. The zero-order valence-electron chi connectivity index (χ0n) is 12.2. The van der Waals surface area contributed by atoms with E-state index in [9.17, 15) is 9.59 Å². The number of nitrogens with one attached hydrogen (secondary N) is 1. The number of thioether (sulfide) groups is 1. The first kappa shape index (κ1) is 16.0. The summed E-state index contributed by atoms with van der Waals surface area (Å²) in [6, 6.07) is 7.74. The fraction of sp³-hybridized carbons (Fsp3) is 0.286. The Morgan fingerprint density at radius 3 is 2.68 bits per heavy atom. The molecule has 1 aromatic rings. The molecular formula is C14H16N4O3S. The summed E-state index contributed by atoms with van der Waals surface area (Å²) in [7, 11) is 3.92. The van der Waals surface area contributed by atoms with Crippen LogP contribution in [0.5, 0.6) is 0 Å². The van der Waals surface area contributed by atoms with Crippen LogP contribution in [-0.2, 0) is 9.59 Å². The molecule has 1 amide bonds. The van der Waals surface area contributed by atoms with Gasteiger partial charge in [-0.2, -0.15) is 5.10 Å². The van der Waals surface area contributed by atoms with Gasteiger partial charge >= 0.3 is 5.97 Å². The molecule has 0 spiro atoms. The first-order valence-corrected chi connectivity index (χ1v) is 7.41. The first-order valence-electron chi connectivity index (χ1n) is 6.53. The molecule has 8 heteroatoms. The van der Waals surface area contributed by atoms with Crippen LogP contribution in [0.1, 0.15) is 12.0 Å². The molecule has 22 heavy (non-hydrogen) atoms. The van der Waals surface area contributed by atoms with Crippen LogP contribution in [0.4, 0.5) is 5.69 Å². The van der Waals surface area contributed by atoms with E-state index in [1.165, 1.54) is 0 Å². The second-order valence-corrected chi connectivity index (χ2v) is 6.02. The molecule has 0 unspecified atom stereocenters. The van der Waals surface area contributed by atoms with E-state index < -0.39 is 11.2 Å². The van der Waals surface area contributed by atoms with Crippen molar-refractivity contribution in [3.8, 4) is 0 Å². The van der Waals surface area contributed by atoms with Crippen molar-refractivity contribution in [1.29, 1.82) is 0 Å². The van der Waals surface area contributed by atoms with Crippen molar-refractivity contribution in [2.75, 3.05) is 19.0 Å². The van der Waals surface area contributed by atoms with Gasteiger partial charge in [0.15, 0.2) is 5.17 Å². The highest BCUT2D eigenvalue weighted by Gasteiger charge is 2.32. The monoisotopic (exact) mass is 320 g/mol. The number of carbonyl (C=O) groups is 2. The molecule has 1 aliphatic heterocycles. The molecule has 1 fully saturated rings. The number of rotatable bonds is 5. The van der Waals surface area contributed by atoms with E-state index in [1.807, 2.05) is 43.3 Å². The standard InChI is InChI=1S/C14H16N4O3S/c1-18(2)10-5-3-9(4-6-10)8-15-17-14-16-13(21)11(22-14)7-12(19)20/h3-6,8,11H,7H2,1-2H3,(H,19,20)(H,16,17,21)/b15-8-/t11-/m1/s1. The molecule has 0 aromatic heterocycles. The fourth-order valence-corrected chi connectivity index (χ4v) is 2.67. The smallest absolute Gasteiger partial charge is 0.305 e. The van der Waals surface area contributed by atoms with Crippen LogP contribution in [0.25, 0.3) is 0 Å². The third-order valence-corrected chi connectivity index (χ3v) is 3.97. The average molecular weight is 320 g/mol. The van der Waals surface area contributed by atoms with Gasteiger partial charge in [0.25, 0.3) is 0 Å². The van der Waals surface area contributed by atoms with E-state index in [-0.39, 0.29) is 12.3 Å². The van der Waals surface area contributed by atoms with Crippen LogP contribution >= 0.6 is 11.8 Å². The second-order valence-electron chi connectivity index (χ2n) is 4.83. The Morgan fingerprint density at radius 2 is 2.09 bits per heavy atom. The molecular weight excluding hydrogens is 304 g/mol. The van der Waals surface area contributed by atoms with Gasteiger partial charge in [0.2, 0.25) is 5.91 Å². The zero-order valence-corrected chi connectivity index (χ0v) is 13.0. The maximum atomic E-state index is 11.5. The molecule has 116 valence electrons. The summed E-state index contributed by atoms with van der Waals surface area (Å²) < 4.78 is 0. The van der Waals surface area contributed by atoms with E-state index in [1.54, 1.807) is 6.21 Å². The number of hydrogen-bond donors (Lipinski definition) is 2. The van der Waals surface area contributed by atoms with Crippen LogP contribution < -0.4 is 10.2 Å². The Balaban J connectivity index is 1.96. The van der Waals surface area contributed by atoms with Crippen molar-refractivity contribution in [2.24, 2.45) is 10.2 Å². The lowest BCUT2D eigenvalue weighted by atomic mass is 10.2. The van der Waals surface area contributed by atoms with Crippen molar-refractivity contribution >= 4 is 40.7 Å². The number of aliphatic carboxylic acids is 1. The van der Waals surface area contributed by atoms with Gasteiger partial charge in [0, 0.05) is 19.8 Å². The lowest BCUT2D eigenvalue weighted by molar-refractivity contribution is -0.138. The van der Waals surface area contributed by atoms with Gasteiger partial charge in [-0.1, -0.05) is 23.9 Å². The Morgan fingerprint density at radius 1 is 1.41 bits per heavy atom. The van der Waals surface area contributed by atoms with Crippen LogP contribution in [-0.4, -0.2) is 47.7 Å². The summed E-state index contributed by atoms with van der Waals surface area (Å²) in [6.45, 7) is 0. The Kier molecular flexibility index (Phi) is 5.16. The van der Waals surface area contributed by atoms with Crippen molar-refractivity contribution in [3.63, 3.8) is 0 Å². The molecule has 2 N–H and O–H groups in total. The van der Waals surface area contributed by atoms with Crippen molar-refractivity contribution in [2.45, 2.75) is 11.7 Å². The second kappa shape index (κ2) is 7.08. The van der Waals surface area contributed by atoms with Crippen molar-refractivity contribution in [1.82, 2.24) is 5.32 Å². The number of carboxylic acids is 1. The summed E-state index contributed by atoms with van der Waals surface area (Å²) in [5, 5.41) is 18.7. The van der Waals surface area contributed by atoms with Crippen LogP contribution in [0.3, 0.4) is 0 Å². The minimum absolute atomic E-state index is 0.231. The summed E-state index contributed by atoms with van der Waals surface area (Å²) >= 11 is 1.08. The number of amides is 1. The zero-order chi connectivity index (χ0) is 16.1. The Hall–Kier alpha value is -2.35. The molecule has 1 heterocycles. The molecule has 1 saturated heterocycles. The van der Waals surface area contributed by atoms with Gasteiger partial charge in [-0.25, -0.2) is 0 Å². The lowest BCUT2D eigenvalue weighted by Gasteiger charge is -2.11. The van der Waals surface area contributed by atoms with Gasteiger partial charge in [0.1, 0.15) is 5.25 Å². The maximum absolute atomic E-state index is 11.5. The van der Waals surface area contributed by atoms with Gasteiger partial charge in [-0.15, -0.1) is 5.10 Å². The molecule has 0 bridgehead atoms. The fourth-order valence-electron chi connectivity index (χ4n) is 1.75. The number of amidine groups is 1. The highest BCUT2D eigenvalue weighted by Crippen LogP contribution is 2.22. The third kappa shape index (κ3) is 4.32. The summed E-state index contributed by atoms with van der Waals surface area (Å²) in [5.41, 5.74) is 1.96. The van der Waals surface area contributed by atoms with Gasteiger partial charge < -0.3 is 15.3 Å². The minimum atomic E-state index is -1.02. The molecule has 1 aliphatic rings. The number of nitrogens with zero attached hydrogens (tertiary/aromatic N) is 3. The molecule has 1 atom stereocenters. The minimum Gasteiger partial charge on any atom is -0.481 e. The third-order valence-electron chi connectivity index (χ3n) is 2.90. The highest BCUT2D eigenvalue weighted by atomic mass is 32.2. The number of carboxylic acid groups (broad SMARTS) is 1. The number of hydrogen-bond acceptors (Lipinski definition) is 6. The van der Waals surface area contributed by atoms with Crippen molar-refractivity contribution in [3.05, 3.63) is 29.8 Å². The maximum Gasteiger partial charge on any atom is 0.305 e. The van der Waals surface area contributed by atoms with E-state index >= 15 is 0 Å². The number of carbonyl (C=O) groups excluding carboxylic acids is 1. The van der Waals surface area contributed by atoms with Gasteiger partial charge in [-0.05, 0) is 17.7 Å². The molecule has 0 saturated carbocycles. The van der Waals surface area contributed by atoms with Gasteiger partial charge in [0.05, 0.1) is 12.6 Å². The first-order chi connectivity index (χ1) is 10.5. The largest absolute Gasteiger partial charge is 0.481 e. The SMILES string of the molecule is CN(C)c1ccc(/C=N\N=C2/NC(=O)[C@@H](CC(=O)O)S2)cc1. The highest BCUT2D eigenvalue weighted by molar-refractivity contribution is 8.15. The Labute approximate surface area is 132 Å². The van der Waals surface area contributed by atoms with E-state index in [0.717, 1.165) is 23.0 Å². The predicted octanol–water partition coefficient (Wildman–Crippen LogP) is 1.15. The van der Waals surface area contributed by atoms with Crippen molar-refractivity contribution < 1.29 is 14.7 Å². The summed E-state index contributed by atoms with van der Waals surface area (Å²) in [5.74, 6) is -1.37. The quantitative estimate of drug-likeness (QED) is 0.627. The predicted molar refractivity (Wildman–Crippen MR) is 87.6 cm³/mol.